The number of fused-ring (bicyclic) bond motifs is 3. The normalized spacial score (nSPS) is 13.3. The molecule has 6 heteroatoms. The second kappa shape index (κ2) is 8.19. The summed E-state index contributed by atoms with van der Waals surface area (Å²) in [5.74, 6) is -0.664. The molecule has 2 aromatic carbocycles. The number of ether oxygens (including phenoxy) is 1. The predicted molar refractivity (Wildman–Crippen MR) is 106 cm³/mol. The van der Waals surface area contributed by atoms with Crippen molar-refractivity contribution in [3.8, 4) is 11.1 Å². The van der Waals surface area contributed by atoms with E-state index >= 15 is 0 Å². The summed E-state index contributed by atoms with van der Waals surface area (Å²) in [4.78, 5) is 27.6. The summed E-state index contributed by atoms with van der Waals surface area (Å²) in [6.45, 7) is 5.18. The van der Waals surface area contributed by atoms with Gasteiger partial charge in [0, 0.05) is 12.8 Å². The average Bonchev–Trinajstić information content (AvgIpc) is 3.03. The molecule has 1 amide bonds. The van der Waals surface area contributed by atoms with Gasteiger partial charge >= 0.3 is 11.8 Å². The van der Waals surface area contributed by atoms with Crippen molar-refractivity contribution in [2.75, 3.05) is 6.61 Å². The zero-order valence-electron chi connectivity index (χ0n) is 16.2. The lowest BCUT2D eigenvalue weighted by Gasteiger charge is -2.20. The zero-order valence-corrected chi connectivity index (χ0v) is 16.2. The molecule has 0 bridgehead atoms. The van der Waals surface area contributed by atoms with Crippen molar-refractivity contribution in [2.45, 2.75) is 32.7 Å². The minimum absolute atomic E-state index is 0.0490. The number of benzene rings is 2. The van der Waals surface area contributed by atoms with E-state index in [0.29, 0.717) is 0 Å². The summed E-state index contributed by atoms with van der Waals surface area (Å²) in [7, 11) is 0. The van der Waals surface area contributed by atoms with E-state index in [2.05, 4.69) is 22.2 Å². The number of rotatable bonds is 6. The summed E-state index contributed by atoms with van der Waals surface area (Å²) >= 11 is 0. The van der Waals surface area contributed by atoms with Gasteiger partial charge in [-0.1, -0.05) is 62.4 Å². The summed E-state index contributed by atoms with van der Waals surface area (Å²) < 4.78 is 5.48. The van der Waals surface area contributed by atoms with E-state index < -0.39 is 17.9 Å². The van der Waals surface area contributed by atoms with Crippen LogP contribution >= 0.6 is 0 Å². The number of amides is 1. The molecule has 144 valence electrons. The van der Waals surface area contributed by atoms with Crippen LogP contribution in [0.15, 0.2) is 48.5 Å². The van der Waals surface area contributed by atoms with Gasteiger partial charge in [0.1, 0.15) is 12.6 Å². The van der Waals surface area contributed by atoms with Crippen LogP contribution in [-0.4, -0.2) is 35.0 Å². The lowest BCUT2D eigenvalue weighted by atomic mass is 9.97. The number of nitrogens with zero attached hydrogens (tertiary/aromatic N) is 2. The molecule has 0 unspecified atom stereocenters. The average molecular weight is 377 g/mol. The van der Waals surface area contributed by atoms with Crippen LogP contribution in [0, 0.1) is 5.92 Å². The first-order valence-corrected chi connectivity index (χ1v) is 9.28. The van der Waals surface area contributed by atoms with Gasteiger partial charge in [-0.05, 0) is 28.2 Å². The highest BCUT2D eigenvalue weighted by molar-refractivity contribution is 6.38. The predicted octanol–water partition coefficient (Wildman–Crippen LogP) is 3.81. The van der Waals surface area contributed by atoms with Gasteiger partial charge in [-0.25, -0.2) is 4.79 Å². The summed E-state index contributed by atoms with van der Waals surface area (Å²) in [5.41, 5.74) is 13.3. The van der Waals surface area contributed by atoms with E-state index in [9.17, 15) is 9.59 Å². The summed E-state index contributed by atoms with van der Waals surface area (Å²) in [6, 6.07) is 15.4. The minimum atomic E-state index is -0.813. The first-order valence-electron chi connectivity index (χ1n) is 9.28. The van der Waals surface area contributed by atoms with Crippen molar-refractivity contribution in [1.82, 2.24) is 5.32 Å². The molecule has 0 radical (unpaired) electrons. The number of alkyl carbamates (subject to hydrolysis) is 1. The molecule has 0 aliphatic heterocycles. The second-order valence-electron chi connectivity index (χ2n) is 7.24. The van der Waals surface area contributed by atoms with Gasteiger partial charge < -0.3 is 15.6 Å². The molecule has 1 aliphatic rings. The van der Waals surface area contributed by atoms with E-state index in [1.807, 2.05) is 36.4 Å². The number of hydrogen-bond donors (Lipinski definition) is 1. The first kappa shape index (κ1) is 19.5. The number of Topliss-reactive ketones (excluding diaryl/α,β-unsaturated/α-hetero) is 1. The largest absolute Gasteiger partial charge is 0.449 e. The molecular weight excluding hydrogens is 354 g/mol. The molecule has 28 heavy (non-hydrogen) atoms. The first-order chi connectivity index (χ1) is 13.4. The van der Waals surface area contributed by atoms with Gasteiger partial charge in [0.2, 0.25) is 0 Å². The molecule has 0 fully saturated rings. The third kappa shape index (κ3) is 3.73. The van der Waals surface area contributed by atoms with E-state index in [-0.39, 0.29) is 24.2 Å². The van der Waals surface area contributed by atoms with Gasteiger partial charge in [-0.3, -0.25) is 4.79 Å². The number of carbonyl (C=O) groups excluding carboxylic acids is 2. The van der Waals surface area contributed by atoms with Crippen molar-refractivity contribution in [2.24, 2.45) is 5.92 Å². The Balaban J connectivity index is 1.73. The summed E-state index contributed by atoms with van der Waals surface area (Å²) in [5, 5.41) is 2.60. The van der Waals surface area contributed by atoms with Gasteiger partial charge in [0.05, 0.1) is 0 Å². The monoisotopic (exact) mass is 377 g/mol. The fourth-order valence-electron chi connectivity index (χ4n) is 3.58. The molecule has 6 nitrogen and oxygen atoms in total. The molecule has 0 saturated carbocycles. The fraction of sp³-hybridized carbons (Fsp3) is 0.318. The maximum absolute atomic E-state index is 12.4. The van der Waals surface area contributed by atoms with Gasteiger partial charge in [-0.15, -0.1) is 0 Å². The lowest BCUT2D eigenvalue weighted by Crippen LogP contribution is -2.47. The van der Waals surface area contributed by atoms with Crippen LogP contribution in [-0.2, 0) is 9.53 Å². The van der Waals surface area contributed by atoms with Crippen LogP contribution in [0.25, 0.3) is 16.7 Å². The summed E-state index contributed by atoms with van der Waals surface area (Å²) in [6.07, 6.45) is -0.667. The highest BCUT2D eigenvalue weighted by Crippen LogP contribution is 2.44. The molecule has 3 rings (SSSR count). The third-order valence-electron chi connectivity index (χ3n) is 5.07. The van der Waals surface area contributed by atoms with E-state index in [4.69, 9.17) is 10.3 Å². The number of ketones is 1. The maximum Gasteiger partial charge on any atom is 0.407 e. The van der Waals surface area contributed by atoms with Gasteiger partial charge in [-0.2, -0.15) is 4.79 Å². The van der Waals surface area contributed by atoms with Crippen molar-refractivity contribution >= 4 is 17.6 Å². The molecule has 1 aliphatic carbocycles. The van der Waals surface area contributed by atoms with Gasteiger partial charge in [0.25, 0.3) is 5.78 Å². The van der Waals surface area contributed by atoms with E-state index in [0.717, 1.165) is 22.3 Å². The highest BCUT2D eigenvalue weighted by atomic mass is 16.5. The minimum Gasteiger partial charge on any atom is -0.449 e. The van der Waals surface area contributed by atoms with Gasteiger partial charge in [0.15, 0.2) is 0 Å². The molecule has 0 aromatic heterocycles. The van der Waals surface area contributed by atoms with Crippen molar-refractivity contribution in [1.29, 1.82) is 0 Å². The Morgan fingerprint density at radius 1 is 1.07 bits per heavy atom. The topological polar surface area (TPSA) is 91.8 Å². The molecule has 2 aromatic rings. The SMILES string of the molecule is CC(=[N+]=[N-])C(=O)[C@@H](NC(=O)OCC1c2ccccc2-c2ccccc21)C(C)C. The smallest absolute Gasteiger partial charge is 0.407 e. The van der Waals surface area contributed by atoms with E-state index in [1.165, 1.54) is 6.92 Å². The molecule has 1 N–H and O–H groups in total. The van der Waals surface area contributed by atoms with Crippen molar-refractivity contribution < 1.29 is 19.1 Å². The zero-order chi connectivity index (χ0) is 20.3. The van der Waals surface area contributed by atoms with Crippen molar-refractivity contribution in [3.05, 3.63) is 65.2 Å². The van der Waals surface area contributed by atoms with Crippen LogP contribution in [0.1, 0.15) is 37.8 Å². The van der Waals surface area contributed by atoms with Crippen LogP contribution in [0.2, 0.25) is 0 Å². The van der Waals surface area contributed by atoms with Crippen LogP contribution < -0.4 is 5.32 Å². The number of carbonyl (C=O) groups is 2. The Kier molecular flexibility index (Phi) is 5.71. The Morgan fingerprint density at radius 2 is 1.61 bits per heavy atom. The molecule has 0 heterocycles. The highest BCUT2D eigenvalue weighted by Gasteiger charge is 2.32. The molecule has 1 atom stereocenters. The standard InChI is InChI=1S/C22H23N3O3/c1-13(2)20(21(26)14(3)25-23)24-22(27)28-12-19-17-10-6-4-8-15(17)16-9-5-7-11-18(16)19/h4-11,13,19-20H,12H2,1-3H3,(H,24,27)/t20-/m0/s1. The Morgan fingerprint density at radius 3 is 2.11 bits per heavy atom. The third-order valence-corrected chi connectivity index (χ3v) is 5.07. The molecule has 0 spiro atoms. The molecule has 0 saturated heterocycles. The molecular formula is C22H23N3O3. The van der Waals surface area contributed by atoms with Crippen LogP contribution in [0.4, 0.5) is 4.79 Å². The Bertz CT molecular complexity index is 916. The Labute approximate surface area is 164 Å². The number of hydrogen-bond acceptors (Lipinski definition) is 3. The quantitative estimate of drug-likeness (QED) is 0.471. The maximum atomic E-state index is 12.4. The Hall–Kier alpha value is -3.24. The lowest BCUT2D eigenvalue weighted by molar-refractivity contribution is -0.120. The van der Waals surface area contributed by atoms with Crippen LogP contribution in [0.5, 0.6) is 0 Å². The van der Waals surface area contributed by atoms with E-state index in [1.54, 1.807) is 13.8 Å². The second-order valence-corrected chi connectivity index (χ2v) is 7.24. The fourth-order valence-corrected chi connectivity index (χ4v) is 3.58. The van der Waals surface area contributed by atoms with Crippen molar-refractivity contribution in [3.63, 3.8) is 0 Å². The number of nitrogens with one attached hydrogen (secondary N) is 1. The van der Waals surface area contributed by atoms with Crippen LogP contribution in [0.3, 0.4) is 0 Å².